The SMILES string of the molecule is CN(CCN)Cc1ccnn1-c1ccc(Oc2ccccc2)cc1. The minimum atomic E-state index is 0.649. The van der Waals surface area contributed by atoms with E-state index in [2.05, 4.69) is 17.0 Å². The van der Waals surface area contributed by atoms with Crippen LogP contribution in [0.25, 0.3) is 5.69 Å². The Morgan fingerprint density at radius 1 is 1.00 bits per heavy atom. The number of nitrogens with two attached hydrogens (primary N) is 1. The van der Waals surface area contributed by atoms with Crippen LogP contribution in [0.3, 0.4) is 0 Å². The van der Waals surface area contributed by atoms with Gasteiger partial charge in [-0.25, -0.2) is 4.68 Å². The van der Waals surface area contributed by atoms with E-state index in [9.17, 15) is 0 Å². The van der Waals surface area contributed by atoms with Gasteiger partial charge in [0, 0.05) is 25.8 Å². The summed E-state index contributed by atoms with van der Waals surface area (Å²) in [6.45, 7) is 2.31. The molecule has 2 aromatic carbocycles. The van der Waals surface area contributed by atoms with E-state index in [1.165, 1.54) is 0 Å². The standard InChI is InChI=1S/C19H22N4O/c1-22(14-12-20)15-17-11-13-21-23(17)16-7-9-19(10-8-16)24-18-5-3-2-4-6-18/h2-11,13H,12,14-15,20H2,1H3. The van der Waals surface area contributed by atoms with Gasteiger partial charge in [0.1, 0.15) is 11.5 Å². The predicted molar refractivity (Wildman–Crippen MR) is 95.5 cm³/mol. The van der Waals surface area contributed by atoms with Crippen molar-refractivity contribution >= 4 is 0 Å². The van der Waals surface area contributed by atoms with Crippen molar-refractivity contribution < 1.29 is 4.74 Å². The summed E-state index contributed by atoms with van der Waals surface area (Å²) in [5.41, 5.74) is 7.75. The molecule has 0 unspecified atom stereocenters. The lowest BCUT2D eigenvalue weighted by Gasteiger charge is -2.16. The second-order valence-electron chi connectivity index (χ2n) is 5.67. The van der Waals surface area contributed by atoms with Crippen molar-refractivity contribution in [1.29, 1.82) is 0 Å². The van der Waals surface area contributed by atoms with Crippen LogP contribution in [0.15, 0.2) is 66.9 Å². The number of aromatic nitrogens is 2. The predicted octanol–water partition coefficient (Wildman–Crippen LogP) is 3.06. The Morgan fingerprint density at radius 3 is 2.42 bits per heavy atom. The Kier molecular flexibility index (Phi) is 5.25. The summed E-state index contributed by atoms with van der Waals surface area (Å²) >= 11 is 0. The van der Waals surface area contributed by atoms with Crippen molar-refractivity contribution in [1.82, 2.24) is 14.7 Å². The summed E-state index contributed by atoms with van der Waals surface area (Å²) < 4.78 is 7.77. The molecule has 124 valence electrons. The molecule has 0 aliphatic carbocycles. The molecule has 0 radical (unpaired) electrons. The van der Waals surface area contributed by atoms with Gasteiger partial charge in [-0.2, -0.15) is 5.10 Å². The first-order valence-corrected chi connectivity index (χ1v) is 8.01. The zero-order valence-electron chi connectivity index (χ0n) is 13.8. The Hall–Kier alpha value is -2.63. The number of likely N-dealkylation sites (N-methyl/N-ethyl adjacent to an activating group) is 1. The fourth-order valence-electron chi connectivity index (χ4n) is 2.54. The molecule has 1 heterocycles. The van der Waals surface area contributed by atoms with E-state index in [0.717, 1.165) is 36.0 Å². The van der Waals surface area contributed by atoms with Crippen molar-refractivity contribution in [3.8, 4) is 17.2 Å². The second kappa shape index (κ2) is 7.77. The number of benzene rings is 2. The lowest BCUT2D eigenvalue weighted by Crippen LogP contribution is -2.26. The number of ether oxygens (including phenoxy) is 1. The smallest absolute Gasteiger partial charge is 0.127 e. The Balaban J connectivity index is 1.73. The minimum absolute atomic E-state index is 0.649. The van der Waals surface area contributed by atoms with Crippen molar-refractivity contribution in [3.05, 3.63) is 72.6 Å². The largest absolute Gasteiger partial charge is 0.457 e. The summed E-state index contributed by atoms with van der Waals surface area (Å²) in [4.78, 5) is 2.18. The van der Waals surface area contributed by atoms with Crippen LogP contribution in [0.2, 0.25) is 0 Å². The first kappa shape index (κ1) is 16.2. The fourth-order valence-corrected chi connectivity index (χ4v) is 2.54. The van der Waals surface area contributed by atoms with Crippen LogP contribution < -0.4 is 10.5 Å². The number of hydrogen-bond acceptors (Lipinski definition) is 4. The highest BCUT2D eigenvalue weighted by atomic mass is 16.5. The molecule has 0 aliphatic heterocycles. The van der Waals surface area contributed by atoms with Gasteiger partial charge in [-0.1, -0.05) is 18.2 Å². The molecule has 0 aliphatic rings. The van der Waals surface area contributed by atoms with E-state index < -0.39 is 0 Å². The molecule has 0 saturated carbocycles. The highest BCUT2D eigenvalue weighted by Crippen LogP contribution is 2.22. The summed E-state index contributed by atoms with van der Waals surface area (Å²) in [5.74, 6) is 1.63. The van der Waals surface area contributed by atoms with Crippen molar-refractivity contribution in [2.45, 2.75) is 6.54 Å². The maximum atomic E-state index is 5.83. The molecule has 5 nitrogen and oxygen atoms in total. The first-order chi connectivity index (χ1) is 11.8. The van der Waals surface area contributed by atoms with Crippen molar-refractivity contribution in [3.63, 3.8) is 0 Å². The lowest BCUT2D eigenvalue weighted by molar-refractivity contribution is 0.328. The highest BCUT2D eigenvalue weighted by molar-refractivity contribution is 5.40. The van der Waals surface area contributed by atoms with Gasteiger partial charge in [-0.15, -0.1) is 0 Å². The summed E-state index contributed by atoms with van der Waals surface area (Å²) in [5, 5.41) is 4.43. The van der Waals surface area contributed by atoms with Crippen LogP contribution in [-0.2, 0) is 6.54 Å². The normalized spacial score (nSPS) is 11.0. The van der Waals surface area contributed by atoms with Gasteiger partial charge in [0.2, 0.25) is 0 Å². The fraction of sp³-hybridized carbons (Fsp3) is 0.211. The molecule has 0 spiro atoms. The van der Waals surface area contributed by atoms with Gasteiger partial charge < -0.3 is 10.5 Å². The third kappa shape index (κ3) is 4.01. The Morgan fingerprint density at radius 2 is 1.71 bits per heavy atom. The van der Waals surface area contributed by atoms with Crippen molar-refractivity contribution in [2.24, 2.45) is 5.73 Å². The van der Waals surface area contributed by atoms with Gasteiger partial charge in [0.15, 0.2) is 0 Å². The molecule has 2 N–H and O–H groups in total. The second-order valence-corrected chi connectivity index (χ2v) is 5.67. The number of hydrogen-bond donors (Lipinski definition) is 1. The van der Waals surface area contributed by atoms with Gasteiger partial charge >= 0.3 is 0 Å². The van der Waals surface area contributed by atoms with Crippen LogP contribution in [0.4, 0.5) is 0 Å². The van der Waals surface area contributed by atoms with E-state index in [0.29, 0.717) is 6.54 Å². The number of nitrogens with zero attached hydrogens (tertiary/aromatic N) is 3. The van der Waals surface area contributed by atoms with E-state index in [1.807, 2.05) is 71.5 Å². The maximum absolute atomic E-state index is 5.83. The van der Waals surface area contributed by atoms with Gasteiger partial charge in [0.05, 0.1) is 11.4 Å². The average molecular weight is 322 g/mol. The minimum Gasteiger partial charge on any atom is -0.457 e. The Labute approximate surface area is 142 Å². The van der Waals surface area contributed by atoms with Crippen LogP contribution in [0.1, 0.15) is 5.69 Å². The number of para-hydroxylation sites is 1. The summed E-state index contributed by atoms with van der Waals surface area (Å²) in [7, 11) is 2.06. The number of rotatable bonds is 7. The van der Waals surface area contributed by atoms with E-state index >= 15 is 0 Å². The first-order valence-electron chi connectivity index (χ1n) is 8.01. The van der Waals surface area contributed by atoms with Crippen LogP contribution in [0.5, 0.6) is 11.5 Å². The highest BCUT2D eigenvalue weighted by Gasteiger charge is 2.08. The third-order valence-electron chi connectivity index (χ3n) is 3.72. The topological polar surface area (TPSA) is 56.3 Å². The Bertz CT molecular complexity index is 753. The molecular weight excluding hydrogens is 300 g/mol. The van der Waals surface area contributed by atoms with E-state index in [-0.39, 0.29) is 0 Å². The summed E-state index contributed by atoms with van der Waals surface area (Å²) in [6.07, 6.45) is 1.82. The maximum Gasteiger partial charge on any atom is 0.127 e. The van der Waals surface area contributed by atoms with E-state index in [1.54, 1.807) is 0 Å². The molecule has 0 bridgehead atoms. The molecule has 0 fully saturated rings. The average Bonchev–Trinajstić information content (AvgIpc) is 3.05. The van der Waals surface area contributed by atoms with Crippen LogP contribution in [0, 0.1) is 0 Å². The molecule has 5 heteroatoms. The van der Waals surface area contributed by atoms with Crippen LogP contribution in [-0.4, -0.2) is 34.8 Å². The van der Waals surface area contributed by atoms with Gasteiger partial charge in [0.25, 0.3) is 0 Å². The van der Waals surface area contributed by atoms with Crippen LogP contribution >= 0.6 is 0 Å². The summed E-state index contributed by atoms with van der Waals surface area (Å²) in [6, 6.07) is 19.7. The molecule has 0 atom stereocenters. The third-order valence-corrected chi connectivity index (χ3v) is 3.72. The molecule has 0 saturated heterocycles. The molecular formula is C19H22N4O. The quantitative estimate of drug-likeness (QED) is 0.726. The molecule has 3 aromatic rings. The van der Waals surface area contributed by atoms with E-state index in [4.69, 9.17) is 10.5 Å². The molecule has 0 amide bonds. The zero-order valence-corrected chi connectivity index (χ0v) is 13.8. The zero-order chi connectivity index (χ0) is 16.8. The molecule has 3 rings (SSSR count). The molecule has 24 heavy (non-hydrogen) atoms. The monoisotopic (exact) mass is 322 g/mol. The molecule has 1 aromatic heterocycles. The van der Waals surface area contributed by atoms with Crippen molar-refractivity contribution in [2.75, 3.05) is 20.1 Å². The van der Waals surface area contributed by atoms with Gasteiger partial charge in [-0.3, -0.25) is 4.90 Å². The lowest BCUT2D eigenvalue weighted by atomic mass is 10.3. The van der Waals surface area contributed by atoms with Gasteiger partial charge in [-0.05, 0) is 49.5 Å².